The summed E-state index contributed by atoms with van der Waals surface area (Å²) >= 11 is 0. The number of carbonyl (C=O) groups excluding carboxylic acids is 1. The van der Waals surface area contributed by atoms with Gasteiger partial charge in [0.2, 0.25) is 0 Å². The average molecular weight is 362 g/mol. The van der Waals surface area contributed by atoms with E-state index in [0.29, 0.717) is 13.1 Å². The smallest absolute Gasteiger partial charge is 0.325 e. The summed E-state index contributed by atoms with van der Waals surface area (Å²) in [7, 11) is 0. The molecular formula is C20H21F3N2O. The molecule has 3 nitrogen and oxygen atoms in total. The van der Waals surface area contributed by atoms with E-state index < -0.39 is 18.1 Å². The third kappa shape index (κ3) is 4.07. The first-order valence-corrected chi connectivity index (χ1v) is 8.57. The maximum Gasteiger partial charge on any atom is 0.471 e. The van der Waals surface area contributed by atoms with Crippen molar-refractivity contribution in [3.63, 3.8) is 0 Å². The molecule has 1 aliphatic heterocycles. The van der Waals surface area contributed by atoms with Crippen LogP contribution in [-0.4, -0.2) is 41.0 Å². The predicted molar refractivity (Wildman–Crippen MR) is 93.3 cm³/mol. The van der Waals surface area contributed by atoms with Crippen molar-refractivity contribution in [3.05, 3.63) is 71.8 Å². The number of benzene rings is 2. The second kappa shape index (κ2) is 7.50. The van der Waals surface area contributed by atoms with Crippen molar-refractivity contribution in [2.75, 3.05) is 13.1 Å². The normalized spacial score (nSPS) is 21.6. The predicted octanol–water partition coefficient (Wildman–Crippen LogP) is 4.02. The number of hydrogen-bond acceptors (Lipinski definition) is 2. The van der Waals surface area contributed by atoms with Crippen molar-refractivity contribution in [3.8, 4) is 0 Å². The summed E-state index contributed by atoms with van der Waals surface area (Å²) in [5, 5.41) is 0. The van der Waals surface area contributed by atoms with Gasteiger partial charge in [0, 0.05) is 25.7 Å². The van der Waals surface area contributed by atoms with Gasteiger partial charge in [-0.3, -0.25) is 9.69 Å². The van der Waals surface area contributed by atoms with E-state index >= 15 is 0 Å². The number of piperazine rings is 1. The van der Waals surface area contributed by atoms with Gasteiger partial charge in [-0.05, 0) is 18.1 Å². The average Bonchev–Trinajstić information content (AvgIpc) is 2.63. The molecule has 2 atom stereocenters. The number of amides is 1. The third-order valence-corrected chi connectivity index (χ3v) is 4.78. The van der Waals surface area contributed by atoms with Gasteiger partial charge >= 0.3 is 12.1 Å². The van der Waals surface area contributed by atoms with Gasteiger partial charge in [-0.2, -0.15) is 13.2 Å². The number of alkyl halides is 3. The Hall–Kier alpha value is -2.34. The maximum atomic E-state index is 13.1. The number of rotatable bonds is 3. The van der Waals surface area contributed by atoms with Crippen molar-refractivity contribution in [2.45, 2.75) is 31.7 Å². The highest BCUT2D eigenvalue weighted by atomic mass is 19.4. The molecule has 1 aliphatic rings. The lowest BCUT2D eigenvalue weighted by atomic mass is 9.98. The quantitative estimate of drug-likeness (QED) is 0.823. The maximum absolute atomic E-state index is 13.1. The monoisotopic (exact) mass is 362 g/mol. The van der Waals surface area contributed by atoms with E-state index in [-0.39, 0.29) is 12.6 Å². The van der Waals surface area contributed by atoms with E-state index in [2.05, 4.69) is 4.90 Å². The van der Waals surface area contributed by atoms with Crippen molar-refractivity contribution in [1.29, 1.82) is 0 Å². The highest BCUT2D eigenvalue weighted by Crippen LogP contribution is 2.32. The second-order valence-corrected chi connectivity index (χ2v) is 6.65. The molecule has 2 aromatic rings. The summed E-state index contributed by atoms with van der Waals surface area (Å²) in [5.41, 5.74) is 1.82. The van der Waals surface area contributed by atoms with Crippen molar-refractivity contribution >= 4 is 5.91 Å². The number of carbonyl (C=O) groups is 1. The molecule has 0 aromatic heterocycles. The lowest BCUT2D eigenvalue weighted by Crippen LogP contribution is -2.57. The summed E-state index contributed by atoms with van der Waals surface area (Å²) in [6.45, 7) is 2.91. The fourth-order valence-corrected chi connectivity index (χ4v) is 3.41. The summed E-state index contributed by atoms with van der Waals surface area (Å²) < 4.78 is 39.3. The van der Waals surface area contributed by atoms with E-state index in [0.717, 1.165) is 16.0 Å². The molecule has 0 bridgehead atoms. The third-order valence-electron chi connectivity index (χ3n) is 4.78. The van der Waals surface area contributed by atoms with Crippen LogP contribution in [0.4, 0.5) is 13.2 Å². The van der Waals surface area contributed by atoms with E-state index in [1.807, 2.05) is 43.3 Å². The molecule has 1 heterocycles. The Labute approximate surface area is 151 Å². The largest absolute Gasteiger partial charge is 0.471 e. The molecule has 2 aromatic carbocycles. The van der Waals surface area contributed by atoms with Gasteiger partial charge in [-0.1, -0.05) is 60.7 Å². The van der Waals surface area contributed by atoms with Crippen molar-refractivity contribution in [2.24, 2.45) is 0 Å². The van der Waals surface area contributed by atoms with Crippen molar-refractivity contribution < 1.29 is 18.0 Å². The number of nitrogens with zero attached hydrogens (tertiary/aromatic N) is 2. The molecule has 3 rings (SSSR count). The molecule has 0 unspecified atom stereocenters. The fourth-order valence-electron chi connectivity index (χ4n) is 3.41. The van der Waals surface area contributed by atoms with Crippen LogP contribution in [0, 0.1) is 0 Å². The topological polar surface area (TPSA) is 23.6 Å². The van der Waals surface area contributed by atoms with Gasteiger partial charge in [-0.15, -0.1) is 0 Å². The summed E-state index contributed by atoms with van der Waals surface area (Å²) in [6.07, 6.45) is -4.87. The SMILES string of the molecule is C[C@@H]1CN(C(=O)C(F)(F)F)[C@@H](c2ccccc2)CN1Cc1ccccc1. The highest BCUT2D eigenvalue weighted by molar-refractivity contribution is 5.82. The number of halogens is 3. The van der Waals surface area contributed by atoms with Crippen LogP contribution in [-0.2, 0) is 11.3 Å². The Morgan fingerprint density at radius 2 is 1.58 bits per heavy atom. The Kier molecular flexibility index (Phi) is 5.32. The number of hydrogen-bond donors (Lipinski definition) is 0. The molecule has 26 heavy (non-hydrogen) atoms. The standard InChI is InChI=1S/C20H21F3N2O/c1-15-12-25(19(26)20(21,22)23)18(17-10-6-3-7-11-17)14-24(15)13-16-8-4-2-5-9-16/h2-11,15,18H,12-14H2,1H3/t15-,18-/m1/s1. The molecule has 0 aliphatic carbocycles. The van der Waals surface area contributed by atoms with Gasteiger partial charge < -0.3 is 4.90 Å². The van der Waals surface area contributed by atoms with Gasteiger partial charge in [0.25, 0.3) is 0 Å². The van der Waals surface area contributed by atoms with E-state index in [1.54, 1.807) is 24.3 Å². The molecule has 0 saturated carbocycles. The molecule has 138 valence electrons. The molecular weight excluding hydrogens is 341 g/mol. The van der Waals surface area contributed by atoms with Crippen LogP contribution < -0.4 is 0 Å². The minimum absolute atomic E-state index is 0.0464. The van der Waals surface area contributed by atoms with Crippen LogP contribution in [0.5, 0.6) is 0 Å². The summed E-state index contributed by atoms with van der Waals surface area (Å²) in [4.78, 5) is 15.1. The Morgan fingerprint density at radius 1 is 1.00 bits per heavy atom. The van der Waals surface area contributed by atoms with Gasteiger partial charge in [0.1, 0.15) is 0 Å². The van der Waals surface area contributed by atoms with E-state index in [9.17, 15) is 18.0 Å². The Morgan fingerprint density at radius 3 is 2.15 bits per heavy atom. The zero-order valence-corrected chi connectivity index (χ0v) is 14.5. The second-order valence-electron chi connectivity index (χ2n) is 6.65. The summed E-state index contributed by atoms with van der Waals surface area (Å²) in [6, 6.07) is 18.0. The van der Waals surface area contributed by atoms with Gasteiger partial charge in [0.05, 0.1) is 6.04 Å². The lowest BCUT2D eigenvalue weighted by molar-refractivity contribution is -0.191. The summed E-state index contributed by atoms with van der Waals surface area (Å²) in [5.74, 6) is -1.77. The van der Waals surface area contributed by atoms with Crippen LogP contribution in [0.1, 0.15) is 24.1 Å². The first kappa shape index (κ1) is 18.5. The Bertz CT molecular complexity index is 734. The van der Waals surface area contributed by atoms with Crippen LogP contribution in [0.2, 0.25) is 0 Å². The zero-order valence-electron chi connectivity index (χ0n) is 14.5. The molecule has 0 radical (unpaired) electrons. The molecule has 0 spiro atoms. The van der Waals surface area contributed by atoms with Crippen LogP contribution in [0.3, 0.4) is 0 Å². The van der Waals surface area contributed by atoms with Crippen LogP contribution >= 0.6 is 0 Å². The molecule has 1 amide bonds. The van der Waals surface area contributed by atoms with Crippen molar-refractivity contribution in [1.82, 2.24) is 9.80 Å². The zero-order chi connectivity index (χ0) is 18.7. The molecule has 0 N–H and O–H groups in total. The molecule has 1 fully saturated rings. The van der Waals surface area contributed by atoms with Crippen LogP contribution in [0.25, 0.3) is 0 Å². The minimum atomic E-state index is -4.87. The highest BCUT2D eigenvalue weighted by Gasteiger charge is 2.47. The minimum Gasteiger partial charge on any atom is -0.325 e. The van der Waals surface area contributed by atoms with Gasteiger partial charge in [0.15, 0.2) is 0 Å². The first-order valence-electron chi connectivity index (χ1n) is 8.57. The molecule has 6 heteroatoms. The lowest BCUT2D eigenvalue weighted by Gasteiger charge is -2.45. The molecule has 1 saturated heterocycles. The van der Waals surface area contributed by atoms with Gasteiger partial charge in [-0.25, -0.2) is 0 Å². The Balaban J connectivity index is 1.87. The van der Waals surface area contributed by atoms with E-state index in [1.165, 1.54) is 0 Å². The first-order chi connectivity index (χ1) is 12.4. The fraction of sp³-hybridized carbons (Fsp3) is 0.350. The van der Waals surface area contributed by atoms with E-state index in [4.69, 9.17) is 0 Å². The van der Waals surface area contributed by atoms with Crippen LogP contribution in [0.15, 0.2) is 60.7 Å².